The average molecular weight is 247 g/mol. The Hall–Kier alpha value is -1.16. The molecule has 0 amide bonds. The molecule has 1 aliphatic rings. The van der Waals surface area contributed by atoms with E-state index in [-0.39, 0.29) is 6.10 Å². The van der Waals surface area contributed by atoms with Crippen LogP contribution in [0.5, 0.6) is 0 Å². The van der Waals surface area contributed by atoms with Crippen LogP contribution in [0.1, 0.15) is 12.0 Å². The van der Waals surface area contributed by atoms with Crippen molar-refractivity contribution in [1.29, 1.82) is 0 Å². The molecular formula is C15H21NO2. The SMILES string of the molecule is OC(CNCC1=CCCOC1)Cc1ccccc1. The summed E-state index contributed by atoms with van der Waals surface area (Å²) in [5.74, 6) is 0. The number of benzene rings is 1. The van der Waals surface area contributed by atoms with Crippen molar-refractivity contribution in [3.05, 3.63) is 47.5 Å². The van der Waals surface area contributed by atoms with Gasteiger partial charge in [-0.3, -0.25) is 0 Å². The lowest BCUT2D eigenvalue weighted by molar-refractivity contribution is 0.146. The molecule has 3 nitrogen and oxygen atoms in total. The maximum Gasteiger partial charge on any atom is 0.0704 e. The topological polar surface area (TPSA) is 41.5 Å². The molecule has 1 aliphatic heterocycles. The number of aliphatic hydroxyl groups excluding tert-OH is 1. The van der Waals surface area contributed by atoms with Crippen molar-refractivity contribution in [2.45, 2.75) is 18.9 Å². The minimum absolute atomic E-state index is 0.336. The van der Waals surface area contributed by atoms with Crippen molar-refractivity contribution >= 4 is 0 Å². The Morgan fingerprint density at radius 3 is 2.83 bits per heavy atom. The molecule has 0 bridgehead atoms. The van der Waals surface area contributed by atoms with Crippen molar-refractivity contribution in [3.8, 4) is 0 Å². The smallest absolute Gasteiger partial charge is 0.0704 e. The Kier molecular flexibility index (Phi) is 5.39. The second-order valence-electron chi connectivity index (χ2n) is 4.68. The van der Waals surface area contributed by atoms with Gasteiger partial charge in [-0.15, -0.1) is 0 Å². The first-order valence-electron chi connectivity index (χ1n) is 6.53. The molecular weight excluding hydrogens is 226 g/mol. The van der Waals surface area contributed by atoms with Crippen molar-refractivity contribution in [1.82, 2.24) is 5.32 Å². The van der Waals surface area contributed by atoms with Gasteiger partial charge in [0.15, 0.2) is 0 Å². The van der Waals surface area contributed by atoms with E-state index >= 15 is 0 Å². The lowest BCUT2D eigenvalue weighted by Gasteiger charge is -2.16. The number of aliphatic hydroxyl groups is 1. The molecule has 2 N–H and O–H groups in total. The van der Waals surface area contributed by atoms with E-state index < -0.39 is 0 Å². The van der Waals surface area contributed by atoms with Crippen molar-refractivity contribution in [2.75, 3.05) is 26.3 Å². The minimum Gasteiger partial charge on any atom is -0.391 e. The second-order valence-corrected chi connectivity index (χ2v) is 4.68. The van der Waals surface area contributed by atoms with Gasteiger partial charge in [-0.05, 0) is 24.0 Å². The van der Waals surface area contributed by atoms with Gasteiger partial charge in [0.2, 0.25) is 0 Å². The molecule has 0 saturated heterocycles. The van der Waals surface area contributed by atoms with Crippen LogP contribution in [0, 0.1) is 0 Å². The molecule has 0 radical (unpaired) electrons. The number of hydrogen-bond donors (Lipinski definition) is 2. The predicted molar refractivity (Wildman–Crippen MR) is 72.5 cm³/mol. The third-order valence-electron chi connectivity index (χ3n) is 3.03. The van der Waals surface area contributed by atoms with Crippen LogP contribution in [-0.2, 0) is 11.2 Å². The van der Waals surface area contributed by atoms with Gasteiger partial charge in [0.25, 0.3) is 0 Å². The van der Waals surface area contributed by atoms with Gasteiger partial charge in [-0.25, -0.2) is 0 Å². The van der Waals surface area contributed by atoms with Gasteiger partial charge < -0.3 is 15.2 Å². The molecule has 1 unspecified atom stereocenters. The highest BCUT2D eigenvalue weighted by Gasteiger charge is 2.07. The van der Waals surface area contributed by atoms with Gasteiger partial charge in [-0.2, -0.15) is 0 Å². The first-order valence-corrected chi connectivity index (χ1v) is 6.53. The summed E-state index contributed by atoms with van der Waals surface area (Å²) >= 11 is 0. The van der Waals surface area contributed by atoms with Crippen LogP contribution in [0.2, 0.25) is 0 Å². The molecule has 0 aliphatic carbocycles. The zero-order valence-electron chi connectivity index (χ0n) is 10.6. The van der Waals surface area contributed by atoms with E-state index in [0.717, 1.165) is 26.2 Å². The standard InChI is InChI=1S/C15H21NO2/c17-15(9-13-5-2-1-3-6-13)11-16-10-14-7-4-8-18-12-14/h1-3,5-7,15-17H,4,8-12H2. The molecule has 18 heavy (non-hydrogen) atoms. The third-order valence-corrected chi connectivity index (χ3v) is 3.03. The van der Waals surface area contributed by atoms with E-state index in [4.69, 9.17) is 4.74 Å². The van der Waals surface area contributed by atoms with Gasteiger partial charge in [0, 0.05) is 13.1 Å². The number of hydrogen-bond acceptors (Lipinski definition) is 3. The molecule has 3 heteroatoms. The summed E-state index contributed by atoms with van der Waals surface area (Å²) in [6.45, 7) is 2.99. The minimum atomic E-state index is -0.336. The van der Waals surface area contributed by atoms with Gasteiger partial charge in [-0.1, -0.05) is 36.4 Å². The van der Waals surface area contributed by atoms with Crippen molar-refractivity contribution in [3.63, 3.8) is 0 Å². The monoisotopic (exact) mass is 247 g/mol. The Morgan fingerprint density at radius 2 is 2.11 bits per heavy atom. The quantitative estimate of drug-likeness (QED) is 0.749. The number of rotatable bonds is 6. The fraction of sp³-hybridized carbons (Fsp3) is 0.467. The highest BCUT2D eigenvalue weighted by Crippen LogP contribution is 2.05. The average Bonchev–Trinajstić information content (AvgIpc) is 2.41. The third kappa shape index (κ3) is 4.61. The number of ether oxygens (including phenoxy) is 1. The summed E-state index contributed by atoms with van der Waals surface area (Å²) in [6, 6.07) is 10.1. The van der Waals surface area contributed by atoms with Crippen LogP contribution >= 0.6 is 0 Å². The maximum absolute atomic E-state index is 9.92. The Morgan fingerprint density at radius 1 is 1.28 bits per heavy atom. The lowest BCUT2D eigenvalue weighted by Crippen LogP contribution is -2.31. The van der Waals surface area contributed by atoms with E-state index in [1.165, 1.54) is 11.1 Å². The molecule has 2 rings (SSSR count). The van der Waals surface area contributed by atoms with Crippen LogP contribution in [0.4, 0.5) is 0 Å². The van der Waals surface area contributed by atoms with E-state index in [2.05, 4.69) is 11.4 Å². The maximum atomic E-state index is 9.92. The summed E-state index contributed by atoms with van der Waals surface area (Å²) in [6.07, 6.45) is 3.59. The zero-order chi connectivity index (χ0) is 12.6. The second kappa shape index (κ2) is 7.31. The molecule has 0 spiro atoms. The van der Waals surface area contributed by atoms with Gasteiger partial charge >= 0.3 is 0 Å². The van der Waals surface area contributed by atoms with E-state index in [9.17, 15) is 5.11 Å². The molecule has 98 valence electrons. The van der Waals surface area contributed by atoms with E-state index in [1.807, 2.05) is 30.3 Å². The van der Waals surface area contributed by atoms with Crippen LogP contribution in [0.3, 0.4) is 0 Å². The largest absolute Gasteiger partial charge is 0.391 e. The Labute approximate surface area is 108 Å². The van der Waals surface area contributed by atoms with E-state index in [1.54, 1.807) is 0 Å². The van der Waals surface area contributed by atoms with Crippen molar-refractivity contribution in [2.24, 2.45) is 0 Å². The fourth-order valence-corrected chi connectivity index (χ4v) is 2.09. The number of nitrogens with one attached hydrogen (secondary N) is 1. The zero-order valence-corrected chi connectivity index (χ0v) is 10.6. The van der Waals surface area contributed by atoms with Crippen LogP contribution in [0.25, 0.3) is 0 Å². The molecule has 0 saturated carbocycles. The highest BCUT2D eigenvalue weighted by atomic mass is 16.5. The summed E-state index contributed by atoms with van der Waals surface area (Å²) < 4.78 is 5.36. The van der Waals surface area contributed by atoms with E-state index in [0.29, 0.717) is 13.0 Å². The first kappa shape index (κ1) is 13.3. The summed E-state index contributed by atoms with van der Waals surface area (Å²) in [4.78, 5) is 0. The predicted octanol–water partition coefficient (Wildman–Crippen LogP) is 1.53. The molecule has 0 aromatic heterocycles. The molecule has 1 heterocycles. The Balaban J connectivity index is 1.65. The normalized spacial score (nSPS) is 17.3. The summed E-state index contributed by atoms with van der Waals surface area (Å²) in [5, 5.41) is 13.2. The Bertz CT molecular complexity index is 375. The highest BCUT2D eigenvalue weighted by molar-refractivity contribution is 5.15. The van der Waals surface area contributed by atoms with Gasteiger partial charge in [0.1, 0.15) is 0 Å². The first-order chi connectivity index (χ1) is 8.84. The molecule has 0 fully saturated rings. The summed E-state index contributed by atoms with van der Waals surface area (Å²) in [5.41, 5.74) is 2.46. The summed E-state index contributed by atoms with van der Waals surface area (Å²) in [7, 11) is 0. The lowest BCUT2D eigenvalue weighted by atomic mass is 10.1. The molecule has 1 aromatic carbocycles. The van der Waals surface area contributed by atoms with Crippen LogP contribution in [-0.4, -0.2) is 37.5 Å². The molecule has 1 atom stereocenters. The van der Waals surface area contributed by atoms with Crippen LogP contribution < -0.4 is 5.32 Å². The molecule has 1 aromatic rings. The van der Waals surface area contributed by atoms with Crippen molar-refractivity contribution < 1.29 is 9.84 Å². The van der Waals surface area contributed by atoms with Crippen LogP contribution in [0.15, 0.2) is 42.0 Å². The van der Waals surface area contributed by atoms with Gasteiger partial charge in [0.05, 0.1) is 19.3 Å². The fourth-order valence-electron chi connectivity index (χ4n) is 2.09.